The Hall–Kier alpha value is -2.73. The van der Waals surface area contributed by atoms with E-state index >= 15 is 0 Å². The van der Waals surface area contributed by atoms with Crippen LogP contribution in [0.25, 0.3) is 5.69 Å². The number of aromatic nitrogens is 2. The summed E-state index contributed by atoms with van der Waals surface area (Å²) >= 11 is 1.50. The fraction of sp³-hybridized carbons (Fsp3) is 0.200. The number of ether oxygens (including phenoxy) is 1. The fourth-order valence-electron chi connectivity index (χ4n) is 2.84. The van der Waals surface area contributed by atoms with E-state index in [-0.39, 0.29) is 11.9 Å². The highest BCUT2D eigenvalue weighted by Gasteiger charge is 2.20. The zero-order chi connectivity index (χ0) is 18.5. The number of nitrogens with zero attached hydrogens (tertiary/aromatic N) is 2. The van der Waals surface area contributed by atoms with Crippen LogP contribution in [-0.4, -0.2) is 28.8 Å². The molecule has 0 aliphatic heterocycles. The number of hydrogen-bond acceptors (Lipinski definition) is 4. The van der Waals surface area contributed by atoms with Gasteiger partial charge >= 0.3 is 0 Å². The van der Waals surface area contributed by atoms with Crippen molar-refractivity contribution < 1.29 is 9.53 Å². The maximum Gasteiger partial charge on any atom is 0.270 e. The molecule has 0 fully saturated rings. The lowest BCUT2D eigenvalue weighted by molar-refractivity contribution is 0.0932. The van der Waals surface area contributed by atoms with Crippen LogP contribution in [0.5, 0.6) is 5.75 Å². The van der Waals surface area contributed by atoms with Crippen LogP contribution in [0.3, 0.4) is 0 Å². The van der Waals surface area contributed by atoms with Crippen LogP contribution in [0.4, 0.5) is 0 Å². The van der Waals surface area contributed by atoms with Crippen LogP contribution in [0, 0.1) is 0 Å². The third kappa shape index (κ3) is 3.60. The van der Waals surface area contributed by atoms with Gasteiger partial charge in [0, 0.05) is 11.3 Å². The van der Waals surface area contributed by atoms with Crippen molar-refractivity contribution in [1.82, 2.24) is 14.9 Å². The topological polar surface area (TPSA) is 56.1 Å². The fourth-order valence-corrected chi connectivity index (χ4v) is 3.38. The van der Waals surface area contributed by atoms with Gasteiger partial charge < -0.3 is 10.1 Å². The SMILES string of the molecule is COc1ccccc1C(C)NC(=O)c1cnc(SC)n1-c1ccccc1. The summed E-state index contributed by atoms with van der Waals surface area (Å²) in [6, 6.07) is 17.2. The Morgan fingerprint density at radius 1 is 1.15 bits per heavy atom. The number of carbonyl (C=O) groups is 1. The predicted molar refractivity (Wildman–Crippen MR) is 104 cm³/mol. The van der Waals surface area contributed by atoms with Gasteiger partial charge in [-0.15, -0.1) is 0 Å². The van der Waals surface area contributed by atoms with Crippen LogP contribution in [0.1, 0.15) is 29.0 Å². The molecule has 5 nitrogen and oxygen atoms in total. The van der Waals surface area contributed by atoms with Crippen molar-refractivity contribution in [2.75, 3.05) is 13.4 Å². The van der Waals surface area contributed by atoms with E-state index in [1.54, 1.807) is 13.3 Å². The highest BCUT2D eigenvalue weighted by molar-refractivity contribution is 7.98. The van der Waals surface area contributed by atoms with E-state index in [0.29, 0.717) is 5.69 Å². The molecule has 1 aromatic heterocycles. The van der Waals surface area contributed by atoms with Crippen molar-refractivity contribution in [3.8, 4) is 11.4 Å². The van der Waals surface area contributed by atoms with Gasteiger partial charge in [0.1, 0.15) is 11.4 Å². The van der Waals surface area contributed by atoms with Gasteiger partial charge in [0.05, 0.1) is 19.3 Å². The van der Waals surface area contributed by atoms with Crippen molar-refractivity contribution in [3.63, 3.8) is 0 Å². The number of nitrogens with one attached hydrogen (secondary N) is 1. The molecule has 0 saturated carbocycles. The molecular weight excluding hydrogens is 346 g/mol. The second kappa shape index (κ2) is 8.10. The predicted octanol–water partition coefficient (Wildman–Crippen LogP) is 4.09. The van der Waals surface area contributed by atoms with Crippen LogP contribution in [0.15, 0.2) is 66.0 Å². The van der Waals surface area contributed by atoms with Gasteiger partial charge in [-0.25, -0.2) is 4.98 Å². The first-order chi connectivity index (χ1) is 12.7. The molecule has 0 aliphatic carbocycles. The molecule has 1 N–H and O–H groups in total. The molecule has 3 rings (SSSR count). The molecule has 1 amide bonds. The minimum Gasteiger partial charge on any atom is -0.496 e. The maximum atomic E-state index is 12.9. The van der Waals surface area contributed by atoms with Crippen molar-refractivity contribution >= 4 is 17.7 Å². The normalized spacial score (nSPS) is 11.8. The molecule has 3 aromatic rings. The number of imidazole rings is 1. The summed E-state index contributed by atoms with van der Waals surface area (Å²) in [5.41, 5.74) is 2.34. The van der Waals surface area contributed by atoms with Crippen LogP contribution >= 0.6 is 11.8 Å². The second-order valence-electron chi connectivity index (χ2n) is 5.74. The number of amides is 1. The Balaban J connectivity index is 1.90. The first-order valence-corrected chi connectivity index (χ1v) is 9.49. The number of hydrogen-bond donors (Lipinski definition) is 1. The Bertz CT molecular complexity index is 893. The summed E-state index contributed by atoms with van der Waals surface area (Å²) in [7, 11) is 1.63. The minimum atomic E-state index is -0.199. The number of benzene rings is 2. The van der Waals surface area contributed by atoms with Gasteiger partial charge in [0.15, 0.2) is 5.16 Å². The molecule has 26 heavy (non-hydrogen) atoms. The van der Waals surface area contributed by atoms with Crippen molar-refractivity contribution in [2.24, 2.45) is 0 Å². The molecule has 2 aromatic carbocycles. The molecule has 1 unspecified atom stereocenters. The third-order valence-corrected chi connectivity index (χ3v) is 4.77. The van der Waals surface area contributed by atoms with Gasteiger partial charge in [0.25, 0.3) is 5.91 Å². The molecule has 0 spiro atoms. The Labute approximate surface area is 157 Å². The largest absolute Gasteiger partial charge is 0.496 e. The van der Waals surface area contributed by atoms with Gasteiger partial charge in [-0.3, -0.25) is 9.36 Å². The van der Waals surface area contributed by atoms with Crippen LogP contribution in [0.2, 0.25) is 0 Å². The summed E-state index contributed by atoms with van der Waals surface area (Å²) in [5.74, 6) is 0.571. The van der Waals surface area contributed by atoms with E-state index in [1.165, 1.54) is 11.8 Å². The van der Waals surface area contributed by atoms with E-state index in [1.807, 2.05) is 72.3 Å². The van der Waals surface area contributed by atoms with Crippen molar-refractivity contribution in [2.45, 2.75) is 18.1 Å². The quantitative estimate of drug-likeness (QED) is 0.667. The molecule has 0 bridgehead atoms. The standard InChI is InChI=1S/C20H21N3O2S/c1-14(16-11-7-8-12-18(16)25-2)22-19(24)17-13-21-20(26-3)23(17)15-9-5-4-6-10-15/h4-14H,1-3H3,(H,22,24). The lowest BCUT2D eigenvalue weighted by atomic mass is 10.1. The van der Waals surface area contributed by atoms with E-state index in [4.69, 9.17) is 4.74 Å². The summed E-state index contributed by atoms with van der Waals surface area (Å²) in [4.78, 5) is 17.3. The smallest absolute Gasteiger partial charge is 0.270 e. The van der Waals surface area contributed by atoms with E-state index in [9.17, 15) is 4.79 Å². The zero-order valence-corrected chi connectivity index (χ0v) is 15.8. The van der Waals surface area contributed by atoms with E-state index in [0.717, 1.165) is 22.2 Å². The molecular formula is C20H21N3O2S. The monoisotopic (exact) mass is 367 g/mol. The molecule has 0 aliphatic rings. The molecule has 0 saturated heterocycles. The Kier molecular flexibility index (Phi) is 5.63. The summed E-state index contributed by atoms with van der Waals surface area (Å²) < 4.78 is 7.27. The third-order valence-electron chi connectivity index (χ3n) is 4.11. The zero-order valence-electron chi connectivity index (χ0n) is 15.0. The first-order valence-electron chi connectivity index (χ1n) is 8.26. The number of carbonyl (C=O) groups excluding carboxylic acids is 1. The number of para-hydroxylation sites is 2. The molecule has 1 atom stereocenters. The molecule has 6 heteroatoms. The Morgan fingerprint density at radius 3 is 2.54 bits per heavy atom. The van der Waals surface area contributed by atoms with Gasteiger partial charge in [-0.05, 0) is 31.4 Å². The maximum absolute atomic E-state index is 12.9. The Morgan fingerprint density at radius 2 is 1.85 bits per heavy atom. The highest BCUT2D eigenvalue weighted by atomic mass is 32.2. The molecule has 134 valence electrons. The summed E-state index contributed by atoms with van der Waals surface area (Å²) in [6.07, 6.45) is 3.56. The minimum absolute atomic E-state index is 0.181. The van der Waals surface area contributed by atoms with Crippen molar-refractivity contribution in [1.29, 1.82) is 0 Å². The summed E-state index contributed by atoms with van der Waals surface area (Å²) in [5, 5.41) is 3.82. The van der Waals surface area contributed by atoms with Gasteiger partial charge in [-0.1, -0.05) is 48.2 Å². The number of methoxy groups -OCH3 is 1. The number of rotatable bonds is 6. The second-order valence-corrected chi connectivity index (χ2v) is 6.51. The van der Waals surface area contributed by atoms with E-state index < -0.39 is 0 Å². The van der Waals surface area contributed by atoms with Crippen molar-refractivity contribution in [3.05, 3.63) is 72.1 Å². The molecule has 1 heterocycles. The average Bonchev–Trinajstić information content (AvgIpc) is 3.12. The lowest BCUT2D eigenvalue weighted by Gasteiger charge is -2.18. The van der Waals surface area contributed by atoms with Crippen LogP contribution < -0.4 is 10.1 Å². The van der Waals surface area contributed by atoms with Crippen LogP contribution in [-0.2, 0) is 0 Å². The van der Waals surface area contributed by atoms with Gasteiger partial charge in [-0.2, -0.15) is 0 Å². The van der Waals surface area contributed by atoms with Gasteiger partial charge in [0.2, 0.25) is 0 Å². The highest BCUT2D eigenvalue weighted by Crippen LogP contribution is 2.26. The summed E-state index contributed by atoms with van der Waals surface area (Å²) in [6.45, 7) is 1.94. The average molecular weight is 367 g/mol. The van der Waals surface area contributed by atoms with E-state index in [2.05, 4.69) is 10.3 Å². The number of thioether (sulfide) groups is 1. The first kappa shape index (κ1) is 18.1. The lowest BCUT2D eigenvalue weighted by Crippen LogP contribution is -2.28. The molecule has 0 radical (unpaired) electrons.